The number of benzene rings is 1. The number of epoxide rings is 1. The van der Waals surface area contributed by atoms with Crippen LogP contribution in [0.4, 0.5) is 5.69 Å². The Hall–Kier alpha value is -1.02. The Balaban J connectivity index is 2.26. The molecule has 1 aliphatic rings. The van der Waals surface area contributed by atoms with Crippen molar-refractivity contribution in [3.63, 3.8) is 0 Å². The summed E-state index contributed by atoms with van der Waals surface area (Å²) in [5, 5.41) is 3.09. The van der Waals surface area contributed by atoms with E-state index in [0.29, 0.717) is 6.10 Å². The Morgan fingerprint density at radius 1 is 1.55 bits per heavy atom. The van der Waals surface area contributed by atoms with E-state index in [9.17, 15) is 0 Å². The van der Waals surface area contributed by atoms with E-state index in [1.54, 1.807) is 0 Å². The number of hydrogen-bond donors (Lipinski definition) is 1. The van der Waals surface area contributed by atoms with Gasteiger partial charge in [0.25, 0.3) is 0 Å². The summed E-state index contributed by atoms with van der Waals surface area (Å²) in [6.45, 7) is 0.882. The summed E-state index contributed by atoms with van der Waals surface area (Å²) in [5.74, 6) is 0. The van der Waals surface area contributed by atoms with Crippen molar-refractivity contribution in [3.8, 4) is 0 Å². The first kappa shape index (κ1) is 6.68. The van der Waals surface area contributed by atoms with E-state index in [2.05, 4.69) is 17.4 Å². The zero-order chi connectivity index (χ0) is 7.68. The summed E-state index contributed by atoms with van der Waals surface area (Å²) in [5.41, 5.74) is 2.43. The van der Waals surface area contributed by atoms with Gasteiger partial charge in [-0.3, -0.25) is 0 Å². The van der Waals surface area contributed by atoms with Crippen molar-refractivity contribution < 1.29 is 4.74 Å². The van der Waals surface area contributed by atoms with Crippen LogP contribution in [-0.4, -0.2) is 13.7 Å². The maximum Gasteiger partial charge on any atom is 0.106 e. The molecule has 1 fully saturated rings. The van der Waals surface area contributed by atoms with E-state index in [1.807, 2.05) is 19.2 Å². The summed E-state index contributed by atoms with van der Waals surface area (Å²) in [7, 11) is 1.92. The molecule has 1 aromatic carbocycles. The average molecular weight is 149 g/mol. The van der Waals surface area contributed by atoms with E-state index in [1.165, 1.54) is 5.56 Å². The van der Waals surface area contributed by atoms with Crippen LogP contribution in [0.25, 0.3) is 0 Å². The van der Waals surface area contributed by atoms with Gasteiger partial charge >= 0.3 is 0 Å². The van der Waals surface area contributed by atoms with Crippen molar-refractivity contribution in [1.29, 1.82) is 0 Å². The number of nitrogens with one attached hydrogen (secondary N) is 1. The quantitative estimate of drug-likeness (QED) is 0.648. The maximum atomic E-state index is 5.17. The van der Waals surface area contributed by atoms with Gasteiger partial charge in [0.15, 0.2) is 0 Å². The highest BCUT2D eigenvalue weighted by Gasteiger charge is 2.24. The lowest BCUT2D eigenvalue weighted by Crippen LogP contribution is -1.88. The molecule has 1 aliphatic heterocycles. The van der Waals surface area contributed by atoms with Crippen molar-refractivity contribution in [2.45, 2.75) is 6.10 Å². The summed E-state index contributed by atoms with van der Waals surface area (Å²) in [6, 6.07) is 8.31. The topological polar surface area (TPSA) is 24.6 Å². The van der Waals surface area contributed by atoms with Crippen LogP contribution in [0, 0.1) is 0 Å². The Morgan fingerprint density at radius 3 is 3.00 bits per heavy atom. The molecule has 0 amide bonds. The van der Waals surface area contributed by atoms with Crippen LogP contribution in [0.2, 0.25) is 0 Å². The van der Waals surface area contributed by atoms with Crippen LogP contribution in [0.1, 0.15) is 11.7 Å². The summed E-state index contributed by atoms with van der Waals surface area (Å²) in [6.07, 6.45) is 0.364. The lowest BCUT2D eigenvalue weighted by molar-refractivity contribution is 0.415. The first-order valence-corrected chi connectivity index (χ1v) is 3.79. The predicted molar refractivity (Wildman–Crippen MR) is 44.7 cm³/mol. The molecule has 0 aromatic heterocycles. The fourth-order valence-corrected chi connectivity index (χ4v) is 1.14. The van der Waals surface area contributed by atoms with Gasteiger partial charge in [-0.05, 0) is 17.7 Å². The molecule has 2 heteroatoms. The van der Waals surface area contributed by atoms with E-state index in [-0.39, 0.29) is 0 Å². The molecule has 1 heterocycles. The molecule has 2 rings (SSSR count). The van der Waals surface area contributed by atoms with E-state index in [0.717, 1.165) is 12.3 Å². The van der Waals surface area contributed by atoms with Crippen LogP contribution in [-0.2, 0) is 4.74 Å². The smallest absolute Gasteiger partial charge is 0.106 e. The van der Waals surface area contributed by atoms with Crippen molar-refractivity contribution in [2.24, 2.45) is 0 Å². The molecule has 1 N–H and O–H groups in total. The summed E-state index contributed by atoms with van der Waals surface area (Å²) in [4.78, 5) is 0. The van der Waals surface area contributed by atoms with Gasteiger partial charge in [-0.2, -0.15) is 0 Å². The van der Waals surface area contributed by atoms with Crippen molar-refractivity contribution >= 4 is 5.69 Å². The lowest BCUT2D eigenvalue weighted by atomic mass is 10.1. The van der Waals surface area contributed by atoms with Gasteiger partial charge < -0.3 is 10.1 Å². The molecule has 1 aromatic rings. The van der Waals surface area contributed by atoms with Gasteiger partial charge in [-0.15, -0.1) is 0 Å². The molecular weight excluding hydrogens is 138 g/mol. The molecule has 58 valence electrons. The van der Waals surface area contributed by atoms with Gasteiger partial charge in [-0.25, -0.2) is 0 Å². The average Bonchev–Trinajstić information content (AvgIpc) is 2.87. The Bertz CT molecular complexity index is 255. The molecule has 2 nitrogen and oxygen atoms in total. The van der Waals surface area contributed by atoms with Crippen LogP contribution in [0.3, 0.4) is 0 Å². The van der Waals surface area contributed by atoms with Crippen LogP contribution in [0.15, 0.2) is 24.3 Å². The van der Waals surface area contributed by atoms with E-state index >= 15 is 0 Å². The summed E-state index contributed by atoms with van der Waals surface area (Å²) < 4.78 is 5.17. The standard InChI is InChI=1S/C9H11NO/c1-10-8-4-2-3-7(5-8)9-6-11-9/h2-5,9-10H,6H2,1H3. The molecular formula is C9H11NO. The van der Waals surface area contributed by atoms with Gasteiger partial charge in [0.1, 0.15) is 6.10 Å². The molecule has 1 saturated heterocycles. The Kier molecular flexibility index (Phi) is 1.55. The van der Waals surface area contributed by atoms with Crippen LogP contribution >= 0.6 is 0 Å². The zero-order valence-corrected chi connectivity index (χ0v) is 6.50. The minimum atomic E-state index is 0.364. The second-order valence-electron chi connectivity index (χ2n) is 2.70. The molecule has 0 radical (unpaired) electrons. The van der Waals surface area contributed by atoms with Crippen LogP contribution in [0.5, 0.6) is 0 Å². The lowest BCUT2D eigenvalue weighted by Gasteiger charge is -2.00. The highest BCUT2D eigenvalue weighted by molar-refractivity contribution is 5.46. The fourth-order valence-electron chi connectivity index (χ4n) is 1.14. The molecule has 11 heavy (non-hydrogen) atoms. The highest BCUT2D eigenvalue weighted by atomic mass is 16.6. The first-order chi connectivity index (χ1) is 5.40. The number of ether oxygens (including phenoxy) is 1. The van der Waals surface area contributed by atoms with Crippen LogP contribution < -0.4 is 5.32 Å². The molecule has 0 saturated carbocycles. The largest absolute Gasteiger partial charge is 0.388 e. The van der Waals surface area contributed by atoms with Crippen molar-refractivity contribution in [2.75, 3.05) is 19.0 Å². The summed E-state index contributed by atoms with van der Waals surface area (Å²) >= 11 is 0. The second-order valence-corrected chi connectivity index (χ2v) is 2.70. The molecule has 1 atom stereocenters. The molecule has 0 bridgehead atoms. The normalized spacial score (nSPS) is 21.4. The fraction of sp³-hybridized carbons (Fsp3) is 0.333. The van der Waals surface area contributed by atoms with Crippen molar-refractivity contribution in [1.82, 2.24) is 0 Å². The third-order valence-electron chi connectivity index (χ3n) is 1.88. The van der Waals surface area contributed by atoms with E-state index < -0.39 is 0 Å². The molecule has 1 unspecified atom stereocenters. The zero-order valence-electron chi connectivity index (χ0n) is 6.50. The van der Waals surface area contributed by atoms with Gasteiger partial charge in [0.2, 0.25) is 0 Å². The highest BCUT2D eigenvalue weighted by Crippen LogP contribution is 2.30. The maximum absolute atomic E-state index is 5.17. The minimum absolute atomic E-state index is 0.364. The Labute approximate surface area is 66.2 Å². The molecule has 0 aliphatic carbocycles. The second kappa shape index (κ2) is 2.55. The molecule has 0 spiro atoms. The Morgan fingerprint density at radius 2 is 2.36 bits per heavy atom. The van der Waals surface area contributed by atoms with Gasteiger partial charge in [0.05, 0.1) is 6.61 Å². The first-order valence-electron chi connectivity index (χ1n) is 3.79. The predicted octanol–water partition coefficient (Wildman–Crippen LogP) is 1.80. The van der Waals surface area contributed by atoms with Gasteiger partial charge in [-0.1, -0.05) is 12.1 Å². The number of rotatable bonds is 2. The van der Waals surface area contributed by atoms with Crippen molar-refractivity contribution in [3.05, 3.63) is 29.8 Å². The third kappa shape index (κ3) is 1.35. The monoisotopic (exact) mass is 149 g/mol. The SMILES string of the molecule is CNc1cccc(C2CO2)c1. The number of hydrogen-bond acceptors (Lipinski definition) is 2. The van der Waals surface area contributed by atoms with E-state index in [4.69, 9.17) is 4.74 Å². The third-order valence-corrected chi connectivity index (χ3v) is 1.88. The number of anilines is 1. The minimum Gasteiger partial charge on any atom is -0.388 e. The van der Waals surface area contributed by atoms with Gasteiger partial charge in [0, 0.05) is 12.7 Å².